The molecule has 0 amide bonds. The summed E-state index contributed by atoms with van der Waals surface area (Å²) in [6.07, 6.45) is 53.5. The van der Waals surface area contributed by atoms with Crippen LogP contribution < -0.4 is 9.80 Å². The Labute approximate surface area is 497 Å². The summed E-state index contributed by atoms with van der Waals surface area (Å²) in [5, 5.41) is 8.48. The number of nitrogens with zero attached hydrogens (tertiary/aromatic N) is 2. The third kappa shape index (κ3) is 32.0. The molecule has 3 nitrogen and oxygen atoms in total. The number of hydrogen-bond acceptors (Lipinski definition) is 3. The van der Waals surface area contributed by atoms with Gasteiger partial charge < -0.3 is 14.9 Å². The Morgan fingerprint density at radius 2 is 0.910 bits per heavy atom. The monoisotopic (exact) mass is 1220 g/mol. The van der Waals surface area contributed by atoms with E-state index in [0.29, 0.717) is 6.61 Å². The first-order chi connectivity index (χ1) is 37.9. The van der Waals surface area contributed by atoms with E-state index in [1.165, 1.54) is 133 Å². The standard InChI is InChI=1S/C20H25N2.C18H33P.C10H20O.C10H20.C7H6.C6H12.2ClH.Ru/c1-14-11-17(4)20(18(5)12-14)22-10-9-21(13-22)19-15(2)7-6-8-16(19)3;1-4-10-16(11-5-1)19(17-12-6-2-7-13-17)18-14-8-3-9-15-18;1-2-3-4-5-6-7-8-9-10-11;1-3-5-7-9-10-8-6-4-2;1-7-5-3-2-4-6-7;1-3-5-6-4-2;;;/h6-8,11-13H,9-10H2,1-5H3;16-18H,1-15H2;5-6,11H,2-4,7-10H2,1H3;9-10H,3-8H2,1-2H3;1-6H;3H,1,4-6H2,2H3;2*1H;/q-1;;;;;;;;+2/p-1/b;;6-5+;10-9+;;;;;. The van der Waals surface area contributed by atoms with E-state index in [2.05, 4.69) is 140 Å². The summed E-state index contributed by atoms with van der Waals surface area (Å²) < 4.78 is 1.92. The van der Waals surface area contributed by atoms with Crippen LogP contribution in [0.15, 0.2) is 97.6 Å². The van der Waals surface area contributed by atoms with Crippen molar-refractivity contribution in [1.29, 1.82) is 0 Å². The Morgan fingerprint density at radius 3 is 1.27 bits per heavy atom. The molecule has 7 heteroatoms. The first-order valence-corrected chi connectivity index (χ1v) is 39.0. The fourth-order valence-corrected chi connectivity index (χ4v) is 18.9. The van der Waals surface area contributed by atoms with Gasteiger partial charge in [-0.1, -0.05) is 165 Å². The molecule has 1 aliphatic heterocycles. The van der Waals surface area contributed by atoms with Crippen LogP contribution in [0.5, 0.6) is 0 Å². The molecule has 4 fully saturated rings. The van der Waals surface area contributed by atoms with E-state index in [1.807, 2.05) is 41.0 Å². The Bertz CT molecular complexity index is 1920. The summed E-state index contributed by atoms with van der Waals surface area (Å²) in [4.78, 5) is 4.79. The normalized spacial score (nSPS) is 16.2. The van der Waals surface area contributed by atoms with Crippen molar-refractivity contribution in [1.82, 2.24) is 0 Å². The molecule has 7 rings (SSSR count). The molecule has 0 aromatic heterocycles. The van der Waals surface area contributed by atoms with Crippen LogP contribution in [0.25, 0.3) is 0 Å². The third-order valence-electron chi connectivity index (χ3n) is 15.8. The van der Waals surface area contributed by atoms with Gasteiger partial charge in [-0.3, -0.25) is 0 Å². The number of unbranched alkanes of at least 4 members (excludes halogenated alkanes) is 10. The number of hydrogen-bond donors (Lipinski definition) is 1. The summed E-state index contributed by atoms with van der Waals surface area (Å²) in [7, 11) is 11.3. The van der Waals surface area contributed by atoms with Gasteiger partial charge in [0.05, 0.1) is 17.0 Å². The van der Waals surface area contributed by atoms with Crippen molar-refractivity contribution in [2.75, 3.05) is 29.5 Å². The summed E-state index contributed by atoms with van der Waals surface area (Å²) >= 11 is -1.61. The van der Waals surface area contributed by atoms with Crippen LogP contribution in [0.1, 0.15) is 254 Å². The second-order valence-corrected chi connectivity index (χ2v) is 31.9. The van der Waals surface area contributed by atoms with Crippen LogP contribution in [-0.4, -0.2) is 46.4 Å². The predicted octanol–water partition coefficient (Wildman–Crippen LogP) is 22.8. The Balaban J connectivity index is 0.000000338. The molecule has 0 spiro atoms. The molecule has 1 saturated heterocycles. The van der Waals surface area contributed by atoms with Crippen molar-refractivity contribution < 1.29 is 18.6 Å². The van der Waals surface area contributed by atoms with Crippen molar-refractivity contribution >= 4 is 43.3 Å². The van der Waals surface area contributed by atoms with E-state index in [9.17, 15) is 0 Å². The zero-order valence-electron chi connectivity index (χ0n) is 51.5. The molecule has 0 unspecified atom stereocenters. The predicted molar refractivity (Wildman–Crippen MR) is 355 cm³/mol. The van der Waals surface area contributed by atoms with E-state index >= 15 is 0 Å². The van der Waals surface area contributed by atoms with Crippen molar-refractivity contribution in [3.05, 3.63) is 138 Å². The number of benzene rings is 3. The first-order valence-electron chi connectivity index (χ1n) is 31.7. The van der Waals surface area contributed by atoms with E-state index in [0.717, 1.165) is 37.9 Å². The fourth-order valence-electron chi connectivity index (χ4n) is 11.8. The number of aliphatic hydroxyl groups is 1. The van der Waals surface area contributed by atoms with Crippen LogP contribution >= 0.6 is 27.3 Å². The van der Waals surface area contributed by atoms with E-state index in [1.54, 1.807) is 96.3 Å². The molecule has 1 heterocycles. The molecule has 78 heavy (non-hydrogen) atoms. The molecule has 3 aromatic carbocycles. The second-order valence-electron chi connectivity index (χ2n) is 22.7. The molecule has 444 valence electrons. The first kappa shape index (κ1) is 72.0. The molecular weight excluding hydrogens is 1100 g/mol. The summed E-state index contributed by atoms with van der Waals surface area (Å²) in [5.74, 6) is 0. The fraction of sp³-hybridized carbons (Fsp3) is 0.634. The van der Waals surface area contributed by atoms with Gasteiger partial charge in [-0.05, 0) is 179 Å². The van der Waals surface area contributed by atoms with E-state index in [-0.39, 0.29) is 7.92 Å². The Morgan fingerprint density at radius 1 is 0.526 bits per heavy atom. The third-order valence-corrected chi connectivity index (χ3v) is 22.2. The van der Waals surface area contributed by atoms with Crippen LogP contribution in [0, 0.1) is 41.3 Å². The molecule has 0 bridgehead atoms. The van der Waals surface area contributed by atoms with Gasteiger partial charge in [0.25, 0.3) is 0 Å². The van der Waals surface area contributed by atoms with Crippen molar-refractivity contribution in [3.63, 3.8) is 0 Å². The molecule has 1 N–H and O–H groups in total. The molecule has 0 atom stereocenters. The Kier molecular flexibility index (Phi) is 43.8. The van der Waals surface area contributed by atoms with Gasteiger partial charge in [0.1, 0.15) is 0 Å². The van der Waals surface area contributed by atoms with Gasteiger partial charge >= 0.3 is 73.4 Å². The summed E-state index contributed by atoms with van der Waals surface area (Å²) in [5.41, 5.74) is 14.3. The maximum atomic E-state index is 8.48. The van der Waals surface area contributed by atoms with Crippen molar-refractivity contribution in [3.8, 4) is 0 Å². The summed E-state index contributed by atoms with van der Waals surface area (Å²) in [6.45, 7) is 28.1. The van der Waals surface area contributed by atoms with Gasteiger partial charge in [-0.15, -0.1) is 6.58 Å². The zero-order valence-corrected chi connectivity index (χ0v) is 55.8. The molecular formula is C71H117Cl2N2OPRu. The number of anilines is 2. The van der Waals surface area contributed by atoms with Gasteiger partial charge in [0.15, 0.2) is 0 Å². The molecule has 3 saturated carbocycles. The minimum atomic E-state index is -1.61. The maximum absolute atomic E-state index is 8.48. The molecule has 0 radical (unpaired) electrons. The van der Waals surface area contributed by atoms with E-state index in [4.69, 9.17) is 24.5 Å². The molecule has 4 aliphatic rings. The van der Waals surface area contributed by atoms with E-state index < -0.39 is 13.5 Å². The van der Waals surface area contributed by atoms with Crippen LogP contribution in [0.4, 0.5) is 11.4 Å². The van der Waals surface area contributed by atoms with Gasteiger partial charge in [-0.25, -0.2) is 0 Å². The van der Waals surface area contributed by atoms with Crippen LogP contribution in [0.2, 0.25) is 0 Å². The molecule has 3 aliphatic carbocycles. The number of para-hydroxylation sites is 1. The number of rotatable bonds is 22. The Hall–Kier alpha value is -2.06. The number of aryl methyl sites for hydroxylation is 5. The summed E-state index contributed by atoms with van der Waals surface area (Å²) in [6, 6.07) is 21.0. The number of allylic oxidation sites excluding steroid dienone is 5. The van der Waals surface area contributed by atoms with Crippen molar-refractivity contribution in [2.45, 2.75) is 272 Å². The van der Waals surface area contributed by atoms with Gasteiger partial charge in [-0.2, -0.15) is 6.67 Å². The number of halogens is 2. The van der Waals surface area contributed by atoms with Crippen LogP contribution in [0.3, 0.4) is 0 Å². The average molecular weight is 1220 g/mol. The zero-order chi connectivity index (χ0) is 57.0. The minimum absolute atomic E-state index is 0.0465. The average Bonchev–Trinajstić information content (AvgIpc) is 3.92. The van der Waals surface area contributed by atoms with Gasteiger partial charge in [0, 0.05) is 39.0 Å². The van der Waals surface area contributed by atoms with Crippen LogP contribution in [-0.2, 0) is 13.5 Å². The SMILES string of the molecule is C1CCC([PH+](C2CCCCC2)C2CCCCC2)CC1.C=CCCCC.CCCC/C=C/CCCC.CCCC/C=C/CCCCO.Cc1cc(C)c(N2[CH-]N(c3c(C)cccc3C)CC2)c(C)c1.[Cl][Ru]([Cl])=[CH]c1ccccc1. The topological polar surface area (TPSA) is 26.7 Å². The quantitative estimate of drug-likeness (QED) is 0.0357. The van der Waals surface area contributed by atoms with Crippen molar-refractivity contribution in [2.24, 2.45) is 0 Å². The molecule has 3 aromatic rings. The van der Waals surface area contributed by atoms with Gasteiger partial charge in [0.2, 0.25) is 0 Å². The number of aliphatic hydroxyl groups excluding tert-OH is 1. The second kappa shape index (κ2) is 47.4.